The molecule has 4 fully saturated rings. The van der Waals surface area contributed by atoms with Gasteiger partial charge in [-0.3, -0.25) is 4.79 Å². The van der Waals surface area contributed by atoms with Gasteiger partial charge in [-0.2, -0.15) is 0 Å². The second kappa shape index (κ2) is 5.35. The molecule has 23 heavy (non-hydrogen) atoms. The molecule has 1 aromatic heterocycles. The van der Waals surface area contributed by atoms with Crippen LogP contribution in [-0.4, -0.2) is 17.1 Å². The first kappa shape index (κ1) is 15.2. The lowest BCUT2D eigenvalue weighted by Gasteiger charge is -2.59. The van der Waals surface area contributed by atoms with Crippen LogP contribution in [0.1, 0.15) is 62.5 Å². The van der Waals surface area contributed by atoms with Gasteiger partial charge in [-0.15, -0.1) is 0 Å². The molecule has 1 N–H and O–H groups in total. The third-order valence-corrected chi connectivity index (χ3v) is 6.90. The Bertz CT molecular complexity index is 564. The monoisotopic (exact) mass is 316 g/mol. The molecule has 4 bridgehead atoms. The van der Waals surface area contributed by atoms with Gasteiger partial charge in [-0.05, 0) is 82.5 Å². The lowest BCUT2D eigenvalue weighted by molar-refractivity contribution is -0.125. The first-order valence-corrected chi connectivity index (χ1v) is 9.16. The average molecular weight is 316 g/mol. The summed E-state index contributed by atoms with van der Waals surface area (Å²) in [5.41, 5.74) is 2.14. The zero-order valence-electron chi connectivity index (χ0n) is 14.5. The van der Waals surface area contributed by atoms with Crippen LogP contribution in [0.4, 0.5) is 0 Å². The highest BCUT2D eigenvalue weighted by molar-refractivity contribution is 5.79. The zero-order chi connectivity index (χ0) is 16.2. The third kappa shape index (κ3) is 2.60. The van der Waals surface area contributed by atoms with Crippen LogP contribution in [0.5, 0.6) is 0 Å². The summed E-state index contributed by atoms with van der Waals surface area (Å²) < 4.78 is 5.17. The third-order valence-electron chi connectivity index (χ3n) is 6.90. The minimum absolute atomic E-state index is 0.114. The van der Waals surface area contributed by atoms with E-state index >= 15 is 0 Å². The molecule has 0 saturated heterocycles. The van der Waals surface area contributed by atoms with Crippen molar-refractivity contribution >= 4 is 5.91 Å². The molecule has 5 rings (SSSR count). The van der Waals surface area contributed by atoms with Crippen molar-refractivity contribution in [3.05, 3.63) is 17.0 Å². The van der Waals surface area contributed by atoms with E-state index in [4.69, 9.17) is 4.52 Å². The van der Waals surface area contributed by atoms with Crippen LogP contribution in [0.3, 0.4) is 0 Å². The maximum absolute atomic E-state index is 12.5. The van der Waals surface area contributed by atoms with Crippen LogP contribution in [0.2, 0.25) is 0 Å². The number of hydrogen-bond donors (Lipinski definition) is 1. The molecule has 0 radical (unpaired) electrons. The van der Waals surface area contributed by atoms with Crippen LogP contribution in [0.15, 0.2) is 4.52 Å². The zero-order valence-corrected chi connectivity index (χ0v) is 14.5. The highest BCUT2D eigenvalue weighted by atomic mass is 16.5. The summed E-state index contributed by atoms with van der Waals surface area (Å²) in [7, 11) is 0. The van der Waals surface area contributed by atoms with Gasteiger partial charge in [0.2, 0.25) is 5.91 Å². The van der Waals surface area contributed by atoms with E-state index in [1.54, 1.807) is 0 Å². The molecule has 0 spiro atoms. The van der Waals surface area contributed by atoms with E-state index < -0.39 is 0 Å². The van der Waals surface area contributed by atoms with Gasteiger partial charge in [-0.1, -0.05) is 5.16 Å². The van der Waals surface area contributed by atoms with Gasteiger partial charge in [-0.25, -0.2) is 0 Å². The van der Waals surface area contributed by atoms with Gasteiger partial charge >= 0.3 is 0 Å². The number of carbonyl (C=O) groups excluding carboxylic acids is 1. The largest absolute Gasteiger partial charge is 0.361 e. The quantitative estimate of drug-likeness (QED) is 0.924. The Labute approximate surface area is 138 Å². The fourth-order valence-electron chi connectivity index (χ4n) is 6.07. The molecule has 4 nitrogen and oxygen atoms in total. The molecule has 126 valence electrons. The number of hydrogen-bond acceptors (Lipinski definition) is 3. The molecule has 4 aliphatic carbocycles. The van der Waals surface area contributed by atoms with E-state index in [2.05, 4.69) is 17.4 Å². The van der Waals surface area contributed by atoms with Crippen LogP contribution in [0.25, 0.3) is 0 Å². The molecular weight excluding hydrogens is 288 g/mol. The lowest BCUT2D eigenvalue weighted by atomic mass is 9.48. The van der Waals surface area contributed by atoms with Gasteiger partial charge in [0.25, 0.3) is 0 Å². The Balaban J connectivity index is 1.43. The van der Waals surface area contributed by atoms with Crippen molar-refractivity contribution in [2.24, 2.45) is 23.2 Å². The van der Waals surface area contributed by atoms with Gasteiger partial charge in [0.15, 0.2) is 0 Å². The van der Waals surface area contributed by atoms with Gasteiger partial charge in [0, 0.05) is 11.6 Å². The summed E-state index contributed by atoms with van der Waals surface area (Å²) in [6.07, 6.45) is 8.69. The Morgan fingerprint density at radius 1 is 1.22 bits per heavy atom. The Kier molecular flexibility index (Phi) is 3.54. The number of amides is 1. The van der Waals surface area contributed by atoms with Crippen LogP contribution >= 0.6 is 0 Å². The summed E-state index contributed by atoms with van der Waals surface area (Å²) >= 11 is 0. The van der Waals surface area contributed by atoms with E-state index in [0.29, 0.717) is 11.8 Å². The molecule has 0 aromatic carbocycles. The van der Waals surface area contributed by atoms with Gasteiger partial charge < -0.3 is 9.84 Å². The van der Waals surface area contributed by atoms with Crippen LogP contribution in [0, 0.1) is 37.0 Å². The SMILES string of the molecule is Cc1noc(C)c1CC(=O)NC(C)C12CC3CC(CC(C3)C1)C2. The first-order valence-electron chi connectivity index (χ1n) is 9.16. The van der Waals surface area contributed by atoms with Crippen molar-refractivity contribution in [1.82, 2.24) is 10.5 Å². The van der Waals surface area contributed by atoms with Crippen molar-refractivity contribution in [2.45, 2.75) is 71.8 Å². The maximum Gasteiger partial charge on any atom is 0.224 e. The van der Waals surface area contributed by atoms with E-state index in [1.807, 2.05) is 13.8 Å². The second-order valence-corrected chi connectivity index (χ2v) is 8.55. The standard InChI is InChI=1S/C19H28N2O2/c1-11-17(12(2)23-21-11)7-18(22)20-13(3)19-8-14-4-15(9-19)6-16(5-14)10-19/h13-16H,4-10H2,1-3H3,(H,20,22). The van der Waals surface area contributed by atoms with Gasteiger partial charge in [0.1, 0.15) is 5.76 Å². The second-order valence-electron chi connectivity index (χ2n) is 8.55. The number of nitrogens with zero attached hydrogens (tertiary/aromatic N) is 1. The molecule has 4 saturated carbocycles. The van der Waals surface area contributed by atoms with Crippen molar-refractivity contribution in [3.63, 3.8) is 0 Å². The molecule has 1 aromatic rings. The molecule has 4 aliphatic rings. The van der Waals surface area contributed by atoms with E-state index in [9.17, 15) is 4.79 Å². The van der Waals surface area contributed by atoms with Crippen molar-refractivity contribution in [3.8, 4) is 0 Å². The normalized spacial score (nSPS) is 36.2. The summed E-state index contributed by atoms with van der Waals surface area (Å²) in [6.45, 7) is 6.02. The predicted octanol–water partition coefficient (Wildman–Crippen LogP) is 3.56. The fourth-order valence-corrected chi connectivity index (χ4v) is 6.07. The highest BCUT2D eigenvalue weighted by Gasteiger charge is 2.53. The van der Waals surface area contributed by atoms with E-state index in [0.717, 1.165) is 34.8 Å². The van der Waals surface area contributed by atoms with Crippen molar-refractivity contribution in [2.75, 3.05) is 0 Å². The summed E-state index contributed by atoms with van der Waals surface area (Å²) in [5.74, 6) is 3.64. The first-order chi connectivity index (χ1) is 10.9. The molecular formula is C19H28N2O2. The number of nitrogens with one attached hydrogen (secondary N) is 1. The minimum atomic E-state index is 0.114. The number of aromatic nitrogens is 1. The smallest absolute Gasteiger partial charge is 0.224 e. The topological polar surface area (TPSA) is 55.1 Å². The van der Waals surface area contributed by atoms with Gasteiger partial charge in [0.05, 0.1) is 12.1 Å². The molecule has 1 unspecified atom stereocenters. The number of rotatable bonds is 4. The Morgan fingerprint density at radius 2 is 1.78 bits per heavy atom. The minimum Gasteiger partial charge on any atom is -0.361 e. The molecule has 1 atom stereocenters. The van der Waals surface area contributed by atoms with Crippen LogP contribution < -0.4 is 5.32 Å². The van der Waals surface area contributed by atoms with Crippen LogP contribution in [-0.2, 0) is 11.2 Å². The molecule has 0 aliphatic heterocycles. The highest BCUT2D eigenvalue weighted by Crippen LogP contribution is 2.61. The maximum atomic E-state index is 12.5. The number of aryl methyl sites for hydroxylation is 2. The number of carbonyl (C=O) groups is 1. The molecule has 4 heteroatoms. The van der Waals surface area contributed by atoms with E-state index in [-0.39, 0.29) is 11.9 Å². The summed E-state index contributed by atoms with van der Waals surface area (Å²) in [6, 6.07) is 0.281. The Morgan fingerprint density at radius 3 is 2.26 bits per heavy atom. The lowest BCUT2D eigenvalue weighted by Crippen LogP contribution is -2.56. The van der Waals surface area contributed by atoms with Crippen molar-refractivity contribution in [1.29, 1.82) is 0 Å². The fraction of sp³-hybridized carbons (Fsp3) is 0.789. The average Bonchev–Trinajstić information content (AvgIpc) is 2.77. The Hall–Kier alpha value is -1.32. The molecule has 1 amide bonds. The summed E-state index contributed by atoms with van der Waals surface area (Å²) in [4.78, 5) is 12.5. The molecule has 1 heterocycles. The van der Waals surface area contributed by atoms with Crippen molar-refractivity contribution < 1.29 is 9.32 Å². The summed E-state index contributed by atoms with van der Waals surface area (Å²) in [5, 5.41) is 7.27. The predicted molar refractivity (Wildman–Crippen MR) is 87.9 cm³/mol. The van der Waals surface area contributed by atoms with E-state index in [1.165, 1.54) is 38.5 Å².